The van der Waals surface area contributed by atoms with Gasteiger partial charge in [0.15, 0.2) is 0 Å². The molecule has 0 aliphatic rings. The molecule has 2 atom stereocenters. The Morgan fingerprint density at radius 2 is 1.58 bits per heavy atom. The summed E-state index contributed by atoms with van der Waals surface area (Å²) in [6.45, 7) is 8.99. The second-order valence-corrected chi connectivity index (χ2v) is 4.24. The van der Waals surface area contributed by atoms with Crippen molar-refractivity contribution in [2.75, 3.05) is 7.11 Å². The Labute approximate surface area is 77.5 Å². The van der Waals surface area contributed by atoms with E-state index in [4.69, 9.17) is 4.74 Å². The first-order valence-corrected chi connectivity index (χ1v) is 5.10. The van der Waals surface area contributed by atoms with Crippen molar-refractivity contribution in [2.24, 2.45) is 11.8 Å². The lowest BCUT2D eigenvalue weighted by Crippen LogP contribution is -2.16. The average Bonchev–Trinajstić information content (AvgIpc) is 2.02. The lowest BCUT2D eigenvalue weighted by molar-refractivity contribution is 0.0690. The molecule has 0 aliphatic carbocycles. The molecule has 0 rings (SSSR count). The van der Waals surface area contributed by atoms with Crippen molar-refractivity contribution in [1.82, 2.24) is 0 Å². The lowest BCUT2D eigenvalue weighted by atomic mass is 9.96. The molecule has 0 saturated carbocycles. The fraction of sp³-hybridized carbons (Fsp3) is 1.00. The molecule has 0 bridgehead atoms. The Hall–Kier alpha value is -0.0400. The normalized spacial score (nSPS) is 16.5. The SMILES string of the molecule is COC(C)C(C)CCCC(C)C. The van der Waals surface area contributed by atoms with Crippen molar-refractivity contribution in [3.63, 3.8) is 0 Å². The molecule has 74 valence electrons. The smallest absolute Gasteiger partial charge is 0.0568 e. The van der Waals surface area contributed by atoms with Crippen LogP contribution in [0.5, 0.6) is 0 Å². The standard InChI is InChI=1S/C11H24O/c1-9(2)7-6-8-10(3)11(4)12-5/h9-11H,6-8H2,1-5H3. The zero-order chi connectivity index (χ0) is 9.56. The van der Waals surface area contributed by atoms with Crippen LogP contribution >= 0.6 is 0 Å². The second-order valence-electron chi connectivity index (χ2n) is 4.24. The van der Waals surface area contributed by atoms with Gasteiger partial charge in [-0.1, -0.05) is 33.6 Å². The van der Waals surface area contributed by atoms with Crippen molar-refractivity contribution >= 4 is 0 Å². The maximum Gasteiger partial charge on any atom is 0.0568 e. The molecule has 0 aromatic carbocycles. The van der Waals surface area contributed by atoms with Crippen LogP contribution in [-0.4, -0.2) is 13.2 Å². The highest BCUT2D eigenvalue weighted by Gasteiger charge is 2.10. The van der Waals surface area contributed by atoms with E-state index in [1.807, 2.05) is 0 Å². The zero-order valence-electron chi connectivity index (χ0n) is 9.26. The summed E-state index contributed by atoms with van der Waals surface area (Å²) in [5.74, 6) is 1.55. The molecule has 1 heteroatoms. The Morgan fingerprint density at radius 1 is 1.00 bits per heavy atom. The van der Waals surface area contributed by atoms with Gasteiger partial charge in [-0.25, -0.2) is 0 Å². The van der Waals surface area contributed by atoms with Crippen LogP contribution in [-0.2, 0) is 4.74 Å². The highest BCUT2D eigenvalue weighted by atomic mass is 16.5. The van der Waals surface area contributed by atoms with E-state index in [-0.39, 0.29) is 0 Å². The van der Waals surface area contributed by atoms with Gasteiger partial charge in [0.25, 0.3) is 0 Å². The molecule has 0 aromatic rings. The summed E-state index contributed by atoms with van der Waals surface area (Å²) >= 11 is 0. The van der Waals surface area contributed by atoms with Crippen molar-refractivity contribution < 1.29 is 4.74 Å². The maximum absolute atomic E-state index is 5.27. The van der Waals surface area contributed by atoms with Gasteiger partial charge in [-0.3, -0.25) is 0 Å². The third-order valence-corrected chi connectivity index (χ3v) is 2.61. The third-order valence-electron chi connectivity index (χ3n) is 2.61. The monoisotopic (exact) mass is 172 g/mol. The van der Waals surface area contributed by atoms with E-state index in [1.54, 1.807) is 7.11 Å². The summed E-state index contributed by atoms with van der Waals surface area (Å²) in [5, 5.41) is 0. The van der Waals surface area contributed by atoms with Crippen LogP contribution in [0.1, 0.15) is 47.0 Å². The average molecular weight is 172 g/mol. The number of methoxy groups -OCH3 is 1. The summed E-state index contributed by atoms with van der Waals surface area (Å²) in [5.41, 5.74) is 0. The van der Waals surface area contributed by atoms with Gasteiger partial charge in [0.1, 0.15) is 0 Å². The minimum atomic E-state index is 0.414. The van der Waals surface area contributed by atoms with Gasteiger partial charge in [0.2, 0.25) is 0 Å². The Bertz CT molecular complexity index is 99.2. The molecule has 0 amide bonds. The molecule has 0 fully saturated rings. The number of rotatable bonds is 6. The molecular formula is C11H24O. The molecule has 0 saturated heterocycles. The van der Waals surface area contributed by atoms with Crippen molar-refractivity contribution in [3.8, 4) is 0 Å². The van der Waals surface area contributed by atoms with Crippen LogP contribution in [0.25, 0.3) is 0 Å². The minimum absolute atomic E-state index is 0.414. The van der Waals surface area contributed by atoms with Crippen LogP contribution in [0.4, 0.5) is 0 Å². The van der Waals surface area contributed by atoms with E-state index in [0.717, 1.165) is 5.92 Å². The molecule has 1 nitrogen and oxygen atoms in total. The molecule has 2 unspecified atom stereocenters. The molecule has 0 radical (unpaired) electrons. The minimum Gasteiger partial charge on any atom is -0.381 e. The van der Waals surface area contributed by atoms with Gasteiger partial charge in [-0.05, 0) is 25.2 Å². The van der Waals surface area contributed by atoms with Gasteiger partial charge in [-0.2, -0.15) is 0 Å². The zero-order valence-corrected chi connectivity index (χ0v) is 9.26. The van der Waals surface area contributed by atoms with E-state index in [9.17, 15) is 0 Å². The van der Waals surface area contributed by atoms with E-state index in [2.05, 4.69) is 27.7 Å². The molecule has 0 heterocycles. The molecule has 12 heavy (non-hydrogen) atoms. The molecule has 0 aromatic heterocycles. The van der Waals surface area contributed by atoms with E-state index in [1.165, 1.54) is 19.3 Å². The number of hydrogen-bond acceptors (Lipinski definition) is 1. The Balaban J connectivity index is 3.37. The fourth-order valence-corrected chi connectivity index (χ4v) is 1.32. The third kappa shape index (κ3) is 5.59. The predicted molar refractivity (Wildman–Crippen MR) is 54.3 cm³/mol. The van der Waals surface area contributed by atoms with Crippen molar-refractivity contribution in [2.45, 2.75) is 53.1 Å². The fourth-order valence-electron chi connectivity index (χ4n) is 1.32. The van der Waals surface area contributed by atoms with Crippen LogP contribution in [0.15, 0.2) is 0 Å². The molecule has 0 aliphatic heterocycles. The van der Waals surface area contributed by atoms with Gasteiger partial charge >= 0.3 is 0 Å². The number of hydrogen-bond donors (Lipinski definition) is 0. The summed E-state index contributed by atoms with van der Waals surface area (Å²) in [6, 6.07) is 0. The summed E-state index contributed by atoms with van der Waals surface area (Å²) in [7, 11) is 1.80. The van der Waals surface area contributed by atoms with Crippen LogP contribution in [0.2, 0.25) is 0 Å². The van der Waals surface area contributed by atoms with Gasteiger partial charge < -0.3 is 4.74 Å². The summed E-state index contributed by atoms with van der Waals surface area (Å²) < 4.78 is 5.27. The first-order chi connectivity index (χ1) is 5.57. The Kier molecular flexibility index (Phi) is 6.45. The molecule has 0 spiro atoms. The van der Waals surface area contributed by atoms with E-state index in [0.29, 0.717) is 12.0 Å². The van der Waals surface area contributed by atoms with E-state index < -0.39 is 0 Å². The van der Waals surface area contributed by atoms with E-state index >= 15 is 0 Å². The summed E-state index contributed by atoms with van der Waals surface area (Å²) in [4.78, 5) is 0. The second kappa shape index (κ2) is 6.47. The van der Waals surface area contributed by atoms with Gasteiger partial charge in [0, 0.05) is 7.11 Å². The highest BCUT2D eigenvalue weighted by molar-refractivity contribution is 4.61. The predicted octanol–water partition coefficient (Wildman–Crippen LogP) is 3.48. The van der Waals surface area contributed by atoms with Gasteiger partial charge in [0.05, 0.1) is 6.10 Å². The highest BCUT2D eigenvalue weighted by Crippen LogP contribution is 2.16. The van der Waals surface area contributed by atoms with Crippen molar-refractivity contribution in [3.05, 3.63) is 0 Å². The first-order valence-electron chi connectivity index (χ1n) is 5.10. The molecular weight excluding hydrogens is 148 g/mol. The van der Waals surface area contributed by atoms with Crippen LogP contribution < -0.4 is 0 Å². The Morgan fingerprint density at radius 3 is 2.00 bits per heavy atom. The quantitative estimate of drug-likeness (QED) is 0.596. The molecule has 0 N–H and O–H groups in total. The van der Waals surface area contributed by atoms with Crippen LogP contribution in [0, 0.1) is 11.8 Å². The summed E-state index contributed by atoms with van der Waals surface area (Å²) in [6.07, 6.45) is 4.40. The number of ether oxygens (including phenoxy) is 1. The maximum atomic E-state index is 5.27. The topological polar surface area (TPSA) is 9.23 Å². The van der Waals surface area contributed by atoms with Crippen LogP contribution in [0.3, 0.4) is 0 Å². The van der Waals surface area contributed by atoms with Crippen molar-refractivity contribution in [1.29, 1.82) is 0 Å². The first kappa shape index (κ1) is 12.0. The largest absolute Gasteiger partial charge is 0.381 e. The van der Waals surface area contributed by atoms with Gasteiger partial charge in [-0.15, -0.1) is 0 Å². The lowest BCUT2D eigenvalue weighted by Gasteiger charge is -2.18.